The molecule has 1 N–H and O–H groups in total. The normalized spacial score (nSPS) is 29.9. The van der Waals surface area contributed by atoms with Gasteiger partial charge in [0.1, 0.15) is 11.3 Å². The number of nitrogens with zero attached hydrogens (tertiary/aromatic N) is 1. The summed E-state index contributed by atoms with van der Waals surface area (Å²) in [4.78, 5) is 40.5. The Morgan fingerprint density at radius 1 is 1.19 bits per heavy atom. The predicted molar refractivity (Wildman–Crippen MR) is 95.5 cm³/mol. The second-order valence-electron chi connectivity index (χ2n) is 6.80. The number of ether oxygens (including phenoxy) is 1. The summed E-state index contributed by atoms with van der Waals surface area (Å²) in [5.41, 5.74) is -0.789. The van der Waals surface area contributed by atoms with Gasteiger partial charge in [-0.3, -0.25) is 19.7 Å². The van der Waals surface area contributed by atoms with Crippen molar-refractivity contribution in [3.05, 3.63) is 54.5 Å². The lowest BCUT2D eigenvalue weighted by atomic mass is 9.78. The van der Waals surface area contributed by atoms with Gasteiger partial charge in [-0.05, 0) is 30.7 Å². The Morgan fingerprint density at radius 2 is 1.93 bits per heavy atom. The Kier molecular flexibility index (Phi) is 4.11. The number of para-hydroxylation sites is 1. The fraction of sp³-hybridized carbons (Fsp3) is 0.350. The summed E-state index contributed by atoms with van der Waals surface area (Å²) in [7, 11) is 1.28. The number of imide groups is 1. The molecule has 2 fully saturated rings. The fourth-order valence-corrected chi connectivity index (χ4v) is 4.38. The van der Waals surface area contributed by atoms with Gasteiger partial charge in [-0.2, -0.15) is 0 Å². The first kappa shape index (κ1) is 17.5. The Balaban J connectivity index is 1.85. The number of nitrogens with one attached hydrogen (secondary N) is 1. The van der Waals surface area contributed by atoms with Crippen molar-refractivity contribution in [3.63, 3.8) is 0 Å². The van der Waals surface area contributed by atoms with Gasteiger partial charge < -0.3 is 9.15 Å². The standard InChI is InChI=1S/C20H20N2O5/c1-3-20(19(25)26-2)15-14(16(21-20)13-10-7-11-27-13)17(23)22(18(15)24)12-8-5-4-6-9-12/h4-11,14-16,21H,3H2,1-2H3/t14-,15-,16+,20-/m0/s1. The molecule has 7 heteroatoms. The molecule has 7 nitrogen and oxygen atoms in total. The first-order valence-electron chi connectivity index (χ1n) is 8.87. The van der Waals surface area contributed by atoms with E-state index in [1.807, 2.05) is 6.07 Å². The van der Waals surface area contributed by atoms with E-state index in [1.54, 1.807) is 43.3 Å². The molecule has 2 saturated heterocycles. The van der Waals surface area contributed by atoms with Crippen molar-refractivity contribution in [2.45, 2.75) is 24.9 Å². The molecule has 0 saturated carbocycles. The third kappa shape index (κ3) is 2.35. The zero-order chi connectivity index (χ0) is 19.2. The van der Waals surface area contributed by atoms with Crippen LogP contribution in [0.3, 0.4) is 0 Å². The zero-order valence-corrected chi connectivity index (χ0v) is 15.0. The predicted octanol–water partition coefficient (Wildman–Crippen LogP) is 2.05. The minimum absolute atomic E-state index is 0.305. The maximum absolute atomic E-state index is 13.3. The summed E-state index contributed by atoms with van der Waals surface area (Å²) in [5.74, 6) is -2.39. The topological polar surface area (TPSA) is 88.8 Å². The van der Waals surface area contributed by atoms with Crippen LogP contribution in [-0.4, -0.2) is 30.4 Å². The number of benzene rings is 1. The Labute approximate surface area is 156 Å². The van der Waals surface area contributed by atoms with Gasteiger partial charge in [-0.25, -0.2) is 4.90 Å². The van der Waals surface area contributed by atoms with Crippen LogP contribution in [0.5, 0.6) is 0 Å². The van der Waals surface area contributed by atoms with E-state index in [4.69, 9.17) is 9.15 Å². The van der Waals surface area contributed by atoms with Crippen LogP contribution in [0.4, 0.5) is 5.69 Å². The highest BCUT2D eigenvalue weighted by molar-refractivity contribution is 6.24. The fourth-order valence-electron chi connectivity index (χ4n) is 4.38. The second kappa shape index (κ2) is 6.35. The lowest BCUT2D eigenvalue weighted by Gasteiger charge is -2.31. The molecule has 0 aliphatic carbocycles. The first-order valence-corrected chi connectivity index (χ1v) is 8.87. The minimum Gasteiger partial charge on any atom is -0.468 e. The molecule has 27 heavy (non-hydrogen) atoms. The van der Waals surface area contributed by atoms with Crippen LogP contribution < -0.4 is 10.2 Å². The number of furan rings is 1. The van der Waals surface area contributed by atoms with E-state index < -0.39 is 35.3 Å². The summed E-state index contributed by atoms with van der Waals surface area (Å²) in [6.07, 6.45) is 1.81. The van der Waals surface area contributed by atoms with E-state index in [0.717, 1.165) is 0 Å². The van der Waals surface area contributed by atoms with Gasteiger partial charge >= 0.3 is 5.97 Å². The summed E-state index contributed by atoms with van der Waals surface area (Å²) in [6.45, 7) is 1.80. The number of esters is 1. The van der Waals surface area contributed by atoms with Crippen LogP contribution in [0.1, 0.15) is 25.1 Å². The highest BCUT2D eigenvalue weighted by Gasteiger charge is 2.68. The Morgan fingerprint density at radius 3 is 2.52 bits per heavy atom. The lowest BCUT2D eigenvalue weighted by molar-refractivity contribution is -0.152. The van der Waals surface area contributed by atoms with Crippen LogP contribution >= 0.6 is 0 Å². The highest BCUT2D eigenvalue weighted by Crippen LogP contribution is 2.51. The average Bonchev–Trinajstić information content (AvgIpc) is 3.39. The van der Waals surface area contributed by atoms with Gasteiger partial charge in [0.25, 0.3) is 0 Å². The number of fused-ring (bicyclic) bond motifs is 1. The van der Waals surface area contributed by atoms with Gasteiger partial charge in [-0.1, -0.05) is 25.1 Å². The molecule has 2 amide bonds. The largest absolute Gasteiger partial charge is 0.468 e. The van der Waals surface area contributed by atoms with E-state index >= 15 is 0 Å². The monoisotopic (exact) mass is 368 g/mol. The number of anilines is 1. The molecule has 2 aliphatic heterocycles. The number of hydrogen-bond donors (Lipinski definition) is 1. The van der Waals surface area contributed by atoms with Gasteiger partial charge in [0.05, 0.1) is 36.9 Å². The number of hydrogen-bond acceptors (Lipinski definition) is 6. The maximum Gasteiger partial charge on any atom is 0.326 e. The van der Waals surface area contributed by atoms with Crippen molar-refractivity contribution < 1.29 is 23.5 Å². The van der Waals surface area contributed by atoms with Gasteiger partial charge in [0.15, 0.2) is 0 Å². The van der Waals surface area contributed by atoms with Gasteiger partial charge in [-0.15, -0.1) is 0 Å². The quantitative estimate of drug-likeness (QED) is 0.656. The van der Waals surface area contributed by atoms with Crippen molar-refractivity contribution in [2.75, 3.05) is 12.0 Å². The van der Waals surface area contributed by atoms with Crippen molar-refractivity contribution in [3.8, 4) is 0 Å². The summed E-state index contributed by atoms with van der Waals surface area (Å²) in [6, 6.07) is 11.6. The number of carbonyl (C=O) groups is 3. The first-order chi connectivity index (χ1) is 13.0. The number of methoxy groups -OCH3 is 1. The molecule has 0 spiro atoms. The smallest absolute Gasteiger partial charge is 0.326 e. The summed E-state index contributed by atoms with van der Waals surface area (Å²) < 4.78 is 10.5. The van der Waals surface area contributed by atoms with E-state index in [9.17, 15) is 14.4 Å². The Bertz CT molecular complexity index is 879. The number of carbonyl (C=O) groups excluding carboxylic acids is 3. The zero-order valence-electron chi connectivity index (χ0n) is 15.0. The molecule has 140 valence electrons. The molecular formula is C20H20N2O5. The molecule has 2 aliphatic rings. The van der Waals surface area contributed by atoms with E-state index in [-0.39, 0.29) is 5.91 Å². The molecule has 0 bridgehead atoms. The summed E-state index contributed by atoms with van der Waals surface area (Å²) in [5, 5.41) is 3.21. The molecule has 2 aromatic rings. The second-order valence-corrected chi connectivity index (χ2v) is 6.80. The maximum atomic E-state index is 13.3. The van der Waals surface area contributed by atoms with E-state index in [0.29, 0.717) is 17.9 Å². The van der Waals surface area contributed by atoms with Crippen LogP contribution in [0, 0.1) is 11.8 Å². The molecule has 0 unspecified atom stereocenters. The molecular weight excluding hydrogens is 348 g/mol. The van der Waals surface area contributed by atoms with E-state index in [2.05, 4.69) is 5.32 Å². The van der Waals surface area contributed by atoms with Crippen LogP contribution in [0.25, 0.3) is 0 Å². The van der Waals surface area contributed by atoms with Crippen molar-refractivity contribution in [1.29, 1.82) is 0 Å². The average molecular weight is 368 g/mol. The number of rotatable bonds is 4. The summed E-state index contributed by atoms with van der Waals surface area (Å²) >= 11 is 0. The SMILES string of the molecule is CC[C@]1(C(=O)OC)N[C@H](c2ccco2)[C@H]2C(=O)N(c3ccccc3)C(=O)[C@H]21. The third-order valence-electron chi connectivity index (χ3n) is 5.63. The van der Waals surface area contributed by atoms with Crippen LogP contribution in [0.15, 0.2) is 53.1 Å². The van der Waals surface area contributed by atoms with Crippen molar-refractivity contribution in [1.82, 2.24) is 5.32 Å². The highest BCUT2D eigenvalue weighted by atomic mass is 16.5. The number of amides is 2. The van der Waals surface area contributed by atoms with E-state index in [1.165, 1.54) is 18.3 Å². The molecule has 1 aromatic heterocycles. The van der Waals surface area contributed by atoms with Crippen molar-refractivity contribution >= 4 is 23.5 Å². The van der Waals surface area contributed by atoms with Gasteiger partial charge in [0.2, 0.25) is 11.8 Å². The molecule has 1 aromatic carbocycles. The Hall–Kier alpha value is -2.93. The van der Waals surface area contributed by atoms with Crippen LogP contribution in [0.2, 0.25) is 0 Å². The molecule has 0 radical (unpaired) electrons. The third-order valence-corrected chi connectivity index (χ3v) is 5.63. The molecule has 4 rings (SSSR count). The lowest BCUT2D eigenvalue weighted by Crippen LogP contribution is -2.55. The molecule has 3 heterocycles. The van der Waals surface area contributed by atoms with Gasteiger partial charge in [0, 0.05) is 0 Å². The molecule has 4 atom stereocenters. The van der Waals surface area contributed by atoms with Crippen molar-refractivity contribution in [2.24, 2.45) is 11.8 Å². The van der Waals surface area contributed by atoms with Crippen LogP contribution in [-0.2, 0) is 19.1 Å². The minimum atomic E-state index is -1.28.